The normalized spacial score (nSPS) is 14.4. The first-order chi connectivity index (χ1) is 9.28. The Hall–Kier alpha value is -2.04. The molecule has 0 atom stereocenters. The zero-order valence-corrected chi connectivity index (χ0v) is 10.7. The summed E-state index contributed by atoms with van der Waals surface area (Å²) in [6.45, 7) is 2.78. The minimum absolute atomic E-state index is 0.356. The maximum atomic E-state index is 13.8. The van der Waals surface area contributed by atoms with Crippen LogP contribution in [0, 0.1) is 5.82 Å². The van der Waals surface area contributed by atoms with E-state index in [1.807, 2.05) is 6.92 Å². The van der Waals surface area contributed by atoms with Gasteiger partial charge in [-0.1, -0.05) is 0 Å². The smallest absolute Gasteiger partial charge is 0.150 e. The molecular weight excluding hydrogens is 243 g/mol. The van der Waals surface area contributed by atoms with Gasteiger partial charge in [-0.25, -0.2) is 14.4 Å². The Labute approximate surface area is 111 Å². The fraction of sp³-hybridized carbons (Fsp3) is 0.357. The van der Waals surface area contributed by atoms with Crippen LogP contribution in [0.4, 0.5) is 10.2 Å². The molecule has 4 nitrogen and oxygen atoms in total. The lowest BCUT2D eigenvalue weighted by molar-refractivity contribution is 0.624. The molecule has 0 spiro atoms. The molecule has 3 rings (SSSR count). The third kappa shape index (κ3) is 2.54. The average Bonchev–Trinajstić information content (AvgIpc) is 3.23. The van der Waals surface area contributed by atoms with Gasteiger partial charge in [0.2, 0.25) is 0 Å². The highest BCUT2D eigenvalue weighted by Crippen LogP contribution is 2.39. The largest absolute Gasteiger partial charge is 0.370 e. The van der Waals surface area contributed by atoms with Crippen molar-refractivity contribution in [3.05, 3.63) is 36.2 Å². The second-order valence-electron chi connectivity index (χ2n) is 4.66. The standard InChI is InChI=1S/C14H15FN4/c1-2-17-13-7-12(10-5-6-16-8-11(10)15)18-14(19-13)9-3-4-9/h5-9H,2-4H2,1H3,(H,17,18,19). The van der Waals surface area contributed by atoms with Crippen LogP contribution in [0.2, 0.25) is 0 Å². The van der Waals surface area contributed by atoms with Crippen molar-refractivity contribution < 1.29 is 4.39 Å². The number of aromatic nitrogens is 3. The number of hydrogen-bond acceptors (Lipinski definition) is 4. The van der Waals surface area contributed by atoms with Crippen molar-refractivity contribution in [3.63, 3.8) is 0 Å². The van der Waals surface area contributed by atoms with Gasteiger partial charge in [-0.05, 0) is 25.8 Å². The summed E-state index contributed by atoms with van der Waals surface area (Å²) in [5.41, 5.74) is 1.09. The third-order valence-corrected chi connectivity index (χ3v) is 3.09. The van der Waals surface area contributed by atoms with E-state index < -0.39 is 0 Å². The molecule has 2 aromatic heterocycles. The van der Waals surface area contributed by atoms with Gasteiger partial charge in [-0.15, -0.1) is 0 Å². The van der Waals surface area contributed by atoms with E-state index in [2.05, 4.69) is 20.3 Å². The van der Waals surface area contributed by atoms with Crippen LogP contribution in [0.15, 0.2) is 24.5 Å². The van der Waals surface area contributed by atoms with E-state index >= 15 is 0 Å². The highest BCUT2D eigenvalue weighted by Gasteiger charge is 2.27. The first-order valence-corrected chi connectivity index (χ1v) is 6.50. The zero-order chi connectivity index (χ0) is 13.2. The van der Waals surface area contributed by atoms with E-state index in [9.17, 15) is 4.39 Å². The van der Waals surface area contributed by atoms with E-state index in [1.54, 1.807) is 18.3 Å². The molecule has 5 heteroatoms. The molecule has 0 bridgehead atoms. The quantitative estimate of drug-likeness (QED) is 0.916. The van der Waals surface area contributed by atoms with Gasteiger partial charge in [-0.2, -0.15) is 0 Å². The number of nitrogens with one attached hydrogen (secondary N) is 1. The first-order valence-electron chi connectivity index (χ1n) is 6.50. The Morgan fingerprint density at radius 2 is 2.21 bits per heavy atom. The predicted octanol–water partition coefficient (Wildman–Crippen LogP) is 2.99. The van der Waals surface area contributed by atoms with Crippen molar-refractivity contribution in [1.82, 2.24) is 15.0 Å². The molecule has 0 aliphatic heterocycles. The topological polar surface area (TPSA) is 50.7 Å². The van der Waals surface area contributed by atoms with Crippen LogP contribution in [0.25, 0.3) is 11.3 Å². The van der Waals surface area contributed by atoms with Crippen LogP contribution >= 0.6 is 0 Å². The van der Waals surface area contributed by atoms with Crippen molar-refractivity contribution in [2.45, 2.75) is 25.7 Å². The number of rotatable bonds is 4. The van der Waals surface area contributed by atoms with Crippen LogP contribution in [-0.2, 0) is 0 Å². The summed E-state index contributed by atoms with van der Waals surface area (Å²) in [6, 6.07) is 3.43. The number of pyridine rings is 1. The lowest BCUT2D eigenvalue weighted by atomic mass is 10.1. The monoisotopic (exact) mass is 258 g/mol. The molecule has 19 heavy (non-hydrogen) atoms. The maximum absolute atomic E-state index is 13.8. The molecule has 1 fully saturated rings. The molecule has 98 valence electrons. The van der Waals surface area contributed by atoms with Crippen LogP contribution in [0.3, 0.4) is 0 Å². The molecule has 1 aliphatic carbocycles. The second kappa shape index (κ2) is 4.91. The van der Waals surface area contributed by atoms with Crippen molar-refractivity contribution >= 4 is 5.82 Å². The molecule has 0 unspecified atom stereocenters. The van der Waals surface area contributed by atoms with E-state index in [1.165, 1.54) is 6.20 Å². The number of anilines is 1. The van der Waals surface area contributed by atoms with Gasteiger partial charge in [0.1, 0.15) is 11.6 Å². The summed E-state index contributed by atoms with van der Waals surface area (Å²) >= 11 is 0. The van der Waals surface area contributed by atoms with Gasteiger partial charge >= 0.3 is 0 Å². The van der Waals surface area contributed by atoms with E-state index in [0.717, 1.165) is 31.0 Å². The van der Waals surface area contributed by atoms with Gasteiger partial charge in [0.25, 0.3) is 0 Å². The summed E-state index contributed by atoms with van der Waals surface area (Å²) < 4.78 is 13.8. The zero-order valence-electron chi connectivity index (χ0n) is 10.7. The van der Waals surface area contributed by atoms with E-state index in [4.69, 9.17) is 0 Å². The predicted molar refractivity (Wildman–Crippen MR) is 71.4 cm³/mol. The summed E-state index contributed by atoms with van der Waals surface area (Å²) in [5, 5.41) is 3.17. The molecule has 0 aromatic carbocycles. The van der Waals surface area contributed by atoms with Crippen molar-refractivity contribution in [1.29, 1.82) is 0 Å². The summed E-state index contributed by atoms with van der Waals surface area (Å²) in [6.07, 6.45) is 5.02. The Kier molecular flexibility index (Phi) is 3.11. The molecule has 1 N–H and O–H groups in total. The van der Waals surface area contributed by atoms with Gasteiger partial charge in [0.15, 0.2) is 5.82 Å². The maximum Gasteiger partial charge on any atom is 0.150 e. The molecule has 0 amide bonds. The third-order valence-electron chi connectivity index (χ3n) is 3.09. The summed E-state index contributed by atoms with van der Waals surface area (Å²) in [4.78, 5) is 12.7. The van der Waals surface area contributed by atoms with Crippen molar-refractivity contribution in [3.8, 4) is 11.3 Å². The first kappa shape index (κ1) is 12.0. The van der Waals surface area contributed by atoms with Gasteiger partial charge in [0, 0.05) is 30.3 Å². The van der Waals surface area contributed by atoms with Crippen LogP contribution < -0.4 is 5.32 Å². The molecular formula is C14H15FN4. The summed E-state index contributed by atoms with van der Waals surface area (Å²) in [7, 11) is 0. The van der Waals surface area contributed by atoms with Crippen LogP contribution in [-0.4, -0.2) is 21.5 Å². The minimum Gasteiger partial charge on any atom is -0.370 e. The van der Waals surface area contributed by atoms with Gasteiger partial charge in [-0.3, -0.25) is 4.98 Å². The van der Waals surface area contributed by atoms with E-state index in [-0.39, 0.29) is 5.82 Å². The lowest BCUT2D eigenvalue weighted by Crippen LogP contribution is -2.04. The van der Waals surface area contributed by atoms with Crippen LogP contribution in [0.5, 0.6) is 0 Å². The number of halogens is 1. The Morgan fingerprint density at radius 3 is 2.89 bits per heavy atom. The highest BCUT2D eigenvalue weighted by atomic mass is 19.1. The molecule has 0 saturated heterocycles. The average molecular weight is 258 g/mol. The lowest BCUT2D eigenvalue weighted by Gasteiger charge is -2.09. The SMILES string of the molecule is CCNc1cc(-c2ccncc2F)nc(C2CC2)n1. The van der Waals surface area contributed by atoms with Gasteiger partial charge in [0.05, 0.1) is 11.9 Å². The fourth-order valence-electron chi connectivity index (χ4n) is 1.98. The second-order valence-corrected chi connectivity index (χ2v) is 4.66. The summed E-state index contributed by atoms with van der Waals surface area (Å²) in [5.74, 6) is 1.64. The van der Waals surface area contributed by atoms with E-state index in [0.29, 0.717) is 17.2 Å². The Balaban J connectivity index is 2.06. The number of hydrogen-bond donors (Lipinski definition) is 1. The molecule has 0 radical (unpaired) electrons. The molecule has 2 aromatic rings. The van der Waals surface area contributed by atoms with Crippen LogP contribution in [0.1, 0.15) is 31.5 Å². The van der Waals surface area contributed by atoms with Gasteiger partial charge < -0.3 is 5.32 Å². The molecule has 2 heterocycles. The fourth-order valence-corrected chi connectivity index (χ4v) is 1.98. The Bertz CT molecular complexity index is 596. The molecule has 1 aliphatic rings. The number of nitrogens with zero attached hydrogens (tertiary/aromatic N) is 3. The van der Waals surface area contributed by atoms with Crippen molar-refractivity contribution in [2.24, 2.45) is 0 Å². The van der Waals surface area contributed by atoms with Crippen molar-refractivity contribution in [2.75, 3.05) is 11.9 Å². The Morgan fingerprint density at radius 1 is 1.37 bits per heavy atom. The highest BCUT2D eigenvalue weighted by molar-refractivity contribution is 5.62. The molecule has 1 saturated carbocycles. The minimum atomic E-state index is -0.356.